The Balaban J connectivity index is 3.66. The summed E-state index contributed by atoms with van der Waals surface area (Å²) in [5.41, 5.74) is -0.585. The van der Waals surface area contributed by atoms with E-state index >= 15 is 0 Å². The summed E-state index contributed by atoms with van der Waals surface area (Å²) in [5.74, 6) is -0.287. The number of carbonyl (C=O) groups excluding carboxylic acids is 1. The molecule has 4 nitrogen and oxygen atoms in total. The third kappa shape index (κ3) is 7.29. The van der Waals surface area contributed by atoms with E-state index in [0.29, 0.717) is 19.8 Å². The number of rotatable bonds is 7. The summed E-state index contributed by atoms with van der Waals surface area (Å²) in [6.45, 7) is 5.03. The van der Waals surface area contributed by atoms with E-state index in [1.54, 1.807) is 21.0 Å². The first-order chi connectivity index (χ1) is 6.52. The monoisotopic (exact) mass is 268 g/mol. The van der Waals surface area contributed by atoms with Crippen LogP contribution < -0.4 is 0 Å². The number of esters is 1. The highest BCUT2D eigenvalue weighted by atomic mass is 79.9. The number of halogens is 1. The van der Waals surface area contributed by atoms with Gasteiger partial charge in [-0.1, -0.05) is 15.9 Å². The van der Waals surface area contributed by atoms with Crippen LogP contribution in [-0.2, 0) is 19.0 Å². The third-order valence-electron chi connectivity index (χ3n) is 1.38. The fraction of sp³-hybridized carbons (Fsp3) is 0.889. The molecular formula is C9H17BrO4. The van der Waals surface area contributed by atoms with Gasteiger partial charge in [-0.05, 0) is 13.8 Å². The zero-order valence-corrected chi connectivity index (χ0v) is 10.4. The van der Waals surface area contributed by atoms with Crippen molar-refractivity contribution in [2.45, 2.75) is 19.4 Å². The van der Waals surface area contributed by atoms with E-state index in [2.05, 4.69) is 15.9 Å². The second kappa shape index (κ2) is 7.20. The predicted molar refractivity (Wildman–Crippen MR) is 56.7 cm³/mol. The van der Waals surface area contributed by atoms with Gasteiger partial charge < -0.3 is 14.2 Å². The maximum Gasteiger partial charge on any atom is 0.317 e. The highest BCUT2D eigenvalue weighted by Crippen LogP contribution is 2.10. The van der Waals surface area contributed by atoms with E-state index in [0.717, 1.165) is 0 Å². The van der Waals surface area contributed by atoms with Gasteiger partial charge in [0.1, 0.15) is 10.9 Å². The number of carbonyl (C=O) groups is 1. The number of hydrogen-bond acceptors (Lipinski definition) is 4. The van der Waals surface area contributed by atoms with Gasteiger partial charge in [0.2, 0.25) is 0 Å². The largest absolute Gasteiger partial charge is 0.457 e. The van der Waals surface area contributed by atoms with Crippen LogP contribution in [0.1, 0.15) is 13.8 Å². The minimum absolute atomic E-state index is 0.203. The number of methoxy groups -OCH3 is 1. The first-order valence-corrected chi connectivity index (χ1v) is 5.48. The lowest BCUT2D eigenvalue weighted by molar-refractivity contribution is -0.158. The van der Waals surface area contributed by atoms with Crippen molar-refractivity contribution in [3.8, 4) is 0 Å². The molecule has 0 N–H and O–H groups in total. The molecule has 0 unspecified atom stereocenters. The van der Waals surface area contributed by atoms with Crippen molar-refractivity contribution in [1.82, 2.24) is 0 Å². The molecule has 84 valence electrons. The van der Waals surface area contributed by atoms with Gasteiger partial charge in [0.05, 0.1) is 19.8 Å². The Morgan fingerprint density at radius 3 is 2.50 bits per heavy atom. The molecule has 0 bridgehead atoms. The highest BCUT2D eigenvalue weighted by molar-refractivity contribution is 9.09. The molecule has 0 rings (SSSR count). The quantitative estimate of drug-likeness (QED) is 0.398. The second-order valence-electron chi connectivity index (χ2n) is 3.41. The van der Waals surface area contributed by atoms with E-state index in [9.17, 15) is 4.79 Å². The van der Waals surface area contributed by atoms with E-state index in [1.165, 1.54) is 0 Å². The van der Waals surface area contributed by atoms with Crippen LogP contribution in [0.15, 0.2) is 0 Å². The van der Waals surface area contributed by atoms with E-state index in [1.807, 2.05) is 0 Å². The molecule has 0 heterocycles. The molecular weight excluding hydrogens is 252 g/mol. The number of alkyl halides is 1. The molecule has 0 fully saturated rings. The van der Waals surface area contributed by atoms with Crippen molar-refractivity contribution in [3.63, 3.8) is 0 Å². The molecule has 0 aromatic rings. The molecule has 0 saturated carbocycles. The fourth-order valence-corrected chi connectivity index (χ4v) is 0.940. The van der Waals surface area contributed by atoms with Crippen LogP contribution in [0.5, 0.6) is 0 Å². The first-order valence-electron chi connectivity index (χ1n) is 4.36. The predicted octanol–water partition coefficient (Wildman–Crippen LogP) is 1.37. The standard InChI is InChI=1S/C9H17BrO4/c1-9(2,14-8(11)6-10)7-13-5-4-12-3/h4-7H2,1-3H3. The Hall–Kier alpha value is -0.130. The normalized spacial score (nSPS) is 11.4. The molecule has 0 atom stereocenters. The Bertz CT molecular complexity index is 170. The van der Waals surface area contributed by atoms with Gasteiger partial charge in [-0.3, -0.25) is 4.79 Å². The Morgan fingerprint density at radius 2 is 2.00 bits per heavy atom. The molecule has 0 aliphatic rings. The topological polar surface area (TPSA) is 44.8 Å². The van der Waals surface area contributed by atoms with Crippen LogP contribution in [0.3, 0.4) is 0 Å². The average Bonchev–Trinajstić information content (AvgIpc) is 2.12. The molecule has 0 aliphatic heterocycles. The lowest BCUT2D eigenvalue weighted by Gasteiger charge is -2.24. The summed E-state index contributed by atoms with van der Waals surface area (Å²) in [4.78, 5) is 11.0. The zero-order valence-electron chi connectivity index (χ0n) is 8.84. The molecule has 0 aliphatic carbocycles. The van der Waals surface area contributed by atoms with Crippen LogP contribution >= 0.6 is 15.9 Å². The van der Waals surface area contributed by atoms with Gasteiger partial charge in [-0.15, -0.1) is 0 Å². The van der Waals surface area contributed by atoms with Gasteiger partial charge in [-0.25, -0.2) is 0 Å². The van der Waals surface area contributed by atoms with Gasteiger partial charge in [0.25, 0.3) is 0 Å². The van der Waals surface area contributed by atoms with Crippen LogP contribution in [0.2, 0.25) is 0 Å². The molecule has 0 radical (unpaired) electrons. The van der Waals surface area contributed by atoms with Gasteiger partial charge >= 0.3 is 5.97 Å². The van der Waals surface area contributed by atoms with Crippen LogP contribution in [0.4, 0.5) is 0 Å². The lowest BCUT2D eigenvalue weighted by atomic mass is 10.1. The molecule has 14 heavy (non-hydrogen) atoms. The minimum Gasteiger partial charge on any atom is -0.457 e. The average molecular weight is 269 g/mol. The minimum atomic E-state index is -0.585. The van der Waals surface area contributed by atoms with E-state index in [4.69, 9.17) is 14.2 Å². The lowest BCUT2D eigenvalue weighted by Crippen LogP contribution is -2.34. The Morgan fingerprint density at radius 1 is 1.36 bits per heavy atom. The van der Waals surface area contributed by atoms with Crippen LogP contribution in [-0.4, -0.2) is 43.8 Å². The molecule has 5 heteroatoms. The smallest absolute Gasteiger partial charge is 0.317 e. The highest BCUT2D eigenvalue weighted by Gasteiger charge is 2.22. The fourth-order valence-electron chi connectivity index (χ4n) is 0.825. The van der Waals surface area contributed by atoms with Gasteiger partial charge in [0, 0.05) is 7.11 Å². The van der Waals surface area contributed by atoms with Gasteiger partial charge in [-0.2, -0.15) is 0 Å². The third-order valence-corrected chi connectivity index (χ3v) is 1.84. The van der Waals surface area contributed by atoms with Crippen LogP contribution in [0.25, 0.3) is 0 Å². The summed E-state index contributed by atoms with van der Waals surface area (Å²) < 4.78 is 15.2. The summed E-state index contributed by atoms with van der Waals surface area (Å²) in [5, 5.41) is 0.203. The van der Waals surface area contributed by atoms with Crippen LogP contribution in [0, 0.1) is 0 Å². The summed E-state index contributed by atoms with van der Waals surface area (Å²) in [7, 11) is 1.61. The zero-order chi connectivity index (χ0) is 11.0. The molecule has 0 spiro atoms. The maximum atomic E-state index is 11.0. The Kier molecular flexibility index (Phi) is 7.13. The van der Waals surface area contributed by atoms with E-state index < -0.39 is 5.60 Å². The maximum absolute atomic E-state index is 11.0. The summed E-state index contributed by atoms with van der Waals surface area (Å²) in [6.07, 6.45) is 0. The second-order valence-corrected chi connectivity index (χ2v) is 3.97. The first kappa shape index (κ1) is 13.9. The molecule has 0 aromatic carbocycles. The van der Waals surface area contributed by atoms with Crippen molar-refractivity contribution >= 4 is 21.9 Å². The van der Waals surface area contributed by atoms with Crippen molar-refractivity contribution in [1.29, 1.82) is 0 Å². The molecule has 0 saturated heterocycles. The van der Waals surface area contributed by atoms with E-state index in [-0.39, 0.29) is 11.3 Å². The Labute approximate surface area is 93.0 Å². The summed E-state index contributed by atoms with van der Waals surface area (Å²) >= 11 is 3.03. The number of hydrogen-bond donors (Lipinski definition) is 0. The summed E-state index contributed by atoms with van der Waals surface area (Å²) in [6, 6.07) is 0. The molecule has 0 aromatic heterocycles. The van der Waals surface area contributed by atoms with Crippen molar-refractivity contribution in [2.75, 3.05) is 32.3 Å². The van der Waals surface area contributed by atoms with Crippen molar-refractivity contribution < 1.29 is 19.0 Å². The van der Waals surface area contributed by atoms with Crippen molar-refractivity contribution in [2.24, 2.45) is 0 Å². The van der Waals surface area contributed by atoms with Gasteiger partial charge in [0.15, 0.2) is 0 Å². The number of ether oxygens (including phenoxy) is 3. The van der Waals surface area contributed by atoms with Crippen molar-refractivity contribution in [3.05, 3.63) is 0 Å². The molecule has 0 amide bonds. The SMILES string of the molecule is COCCOCC(C)(C)OC(=O)CBr.